The van der Waals surface area contributed by atoms with Gasteiger partial charge >= 0.3 is 0 Å². The lowest BCUT2D eigenvalue weighted by molar-refractivity contribution is -0.139. The number of carbonyl (C=O) groups is 1. The summed E-state index contributed by atoms with van der Waals surface area (Å²) < 4.78 is 0. The third-order valence-corrected chi connectivity index (χ3v) is 2.92. The largest absolute Gasteiger partial charge is 0.337 e. The molecule has 4 heteroatoms. The van der Waals surface area contributed by atoms with Gasteiger partial charge in [0.05, 0.1) is 5.54 Å². The number of nitrogens with one attached hydrogen (secondary N) is 1. The molecule has 17 heavy (non-hydrogen) atoms. The van der Waals surface area contributed by atoms with E-state index in [9.17, 15) is 4.79 Å². The Labute approximate surface area is 106 Å². The van der Waals surface area contributed by atoms with Crippen LogP contribution in [0.4, 0.5) is 0 Å². The Morgan fingerprint density at radius 3 is 2.18 bits per heavy atom. The van der Waals surface area contributed by atoms with Crippen LogP contribution in [0.1, 0.15) is 34.6 Å². The van der Waals surface area contributed by atoms with Crippen LogP contribution in [0, 0.1) is 0 Å². The minimum absolute atomic E-state index is 0.177. The Hall–Kier alpha value is -0.610. The molecule has 0 aromatic carbocycles. The minimum atomic E-state index is -0.481. The van der Waals surface area contributed by atoms with Gasteiger partial charge in [0, 0.05) is 19.1 Å². The van der Waals surface area contributed by atoms with Crippen LogP contribution in [-0.2, 0) is 4.79 Å². The molecule has 0 bridgehead atoms. The number of amides is 1. The monoisotopic (exact) mass is 243 g/mol. The second-order valence-electron chi connectivity index (χ2n) is 5.36. The first-order valence-corrected chi connectivity index (χ1v) is 6.47. The van der Waals surface area contributed by atoms with Crippen molar-refractivity contribution in [2.24, 2.45) is 0 Å². The Morgan fingerprint density at radius 1 is 1.29 bits per heavy atom. The van der Waals surface area contributed by atoms with E-state index < -0.39 is 5.54 Å². The predicted octanol–water partition coefficient (Wildman–Crippen LogP) is 1.17. The summed E-state index contributed by atoms with van der Waals surface area (Å²) in [5, 5.41) is 3.24. The summed E-state index contributed by atoms with van der Waals surface area (Å²) in [6.45, 7) is 12.5. The maximum Gasteiger partial charge on any atom is 0.242 e. The molecule has 0 aromatic rings. The first-order valence-electron chi connectivity index (χ1n) is 6.47. The summed E-state index contributed by atoms with van der Waals surface area (Å²) in [6, 6.07) is 0.237. The summed E-state index contributed by atoms with van der Waals surface area (Å²) in [5.41, 5.74) is -0.481. The van der Waals surface area contributed by atoms with E-state index in [1.165, 1.54) is 0 Å². The second kappa shape index (κ2) is 6.97. The van der Waals surface area contributed by atoms with Gasteiger partial charge in [-0.15, -0.1) is 0 Å². The van der Waals surface area contributed by atoms with Crippen LogP contribution < -0.4 is 5.32 Å². The number of carbonyl (C=O) groups excluding carboxylic acids is 1. The predicted molar refractivity (Wildman–Crippen MR) is 73.2 cm³/mol. The average Bonchev–Trinajstić information content (AvgIpc) is 2.17. The summed E-state index contributed by atoms with van der Waals surface area (Å²) >= 11 is 0. The first-order chi connectivity index (χ1) is 7.76. The molecule has 0 saturated heterocycles. The molecular weight excluding hydrogens is 214 g/mol. The lowest BCUT2D eigenvalue weighted by Gasteiger charge is -2.36. The van der Waals surface area contributed by atoms with Crippen molar-refractivity contribution in [3.8, 4) is 0 Å². The van der Waals surface area contributed by atoms with Crippen LogP contribution >= 0.6 is 0 Å². The van der Waals surface area contributed by atoms with Crippen molar-refractivity contribution < 1.29 is 4.79 Å². The third-order valence-electron chi connectivity index (χ3n) is 2.92. The minimum Gasteiger partial charge on any atom is -0.337 e. The Balaban J connectivity index is 4.70. The van der Waals surface area contributed by atoms with Gasteiger partial charge in [-0.25, -0.2) is 0 Å². The Morgan fingerprint density at radius 2 is 1.82 bits per heavy atom. The topological polar surface area (TPSA) is 35.6 Å². The third kappa shape index (κ3) is 5.04. The molecule has 1 unspecified atom stereocenters. The normalized spacial score (nSPS) is 13.9. The lowest BCUT2D eigenvalue weighted by atomic mass is 10.0. The van der Waals surface area contributed by atoms with E-state index in [1.54, 1.807) is 0 Å². The van der Waals surface area contributed by atoms with Crippen LogP contribution in [0.15, 0.2) is 0 Å². The van der Waals surface area contributed by atoms with Gasteiger partial charge in [-0.3, -0.25) is 4.79 Å². The maximum atomic E-state index is 12.5. The van der Waals surface area contributed by atoms with Crippen molar-refractivity contribution in [1.82, 2.24) is 15.1 Å². The van der Waals surface area contributed by atoms with Gasteiger partial charge < -0.3 is 15.1 Å². The molecule has 0 fully saturated rings. The number of hydrogen-bond donors (Lipinski definition) is 1. The van der Waals surface area contributed by atoms with Crippen molar-refractivity contribution in [3.63, 3.8) is 0 Å². The molecule has 0 aliphatic heterocycles. The zero-order chi connectivity index (χ0) is 13.6. The molecule has 0 spiro atoms. The fourth-order valence-electron chi connectivity index (χ4n) is 2.16. The van der Waals surface area contributed by atoms with Crippen molar-refractivity contribution in [2.45, 2.75) is 46.2 Å². The lowest BCUT2D eigenvalue weighted by Crippen LogP contribution is -2.57. The number of rotatable bonds is 7. The van der Waals surface area contributed by atoms with Crippen LogP contribution in [0.2, 0.25) is 0 Å². The second-order valence-corrected chi connectivity index (χ2v) is 5.36. The van der Waals surface area contributed by atoms with Crippen LogP contribution in [0.5, 0.6) is 0 Å². The van der Waals surface area contributed by atoms with E-state index in [0.717, 1.165) is 19.6 Å². The van der Waals surface area contributed by atoms with Gasteiger partial charge in [-0.2, -0.15) is 0 Å². The Bertz CT molecular complexity index is 239. The smallest absolute Gasteiger partial charge is 0.242 e. The summed E-state index contributed by atoms with van der Waals surface area (Å²) in [6.07, 6.45) is 0. The highest BCUT2D eigenvalue weighted by Gasteiger charge is 2.32. The molecule has 0 heterocycles. The van der Waals surface area contributed by atoms with E-state index in [-0.39, 0.29) is 11.9 Å². The fourth-order valence-corrected chi connectivity index (χ4v) is 2.16. The fraction of sp³-hybridized carbons (Fsp3) is 0.923. The number of nitrogens with zero attached hydrogens (tertiary/aromatic N) is 2. The van der Waals surface area contributed by atoms with Crippen molar-refractivity contribution >= 4 is 5.91 Å². The molecule has 0 aliphatic rings. The van der Waals surface area contributed by atoms with Gasteiger partial charge in [-0.05, 0) is 48.3 Å². The van der Waals surface area contributed by atoms with E-state index in [4.69, 9.17) is 0 Å². The van der Waals surface area contributed by atoms with E-state index in [1.807, 2.05) is 46.7 Å². The summed E-state index contributed by atoms with van der Waals surface area (Å²) in [7, 11) is 4.06. The zero-order valence-corrected chi connectivity index (χ0v) is 12.5. The van der Waals surface area contributed by atoms with Crippen molar-refractivity contribution in [2.75, 3.05) is 33.7 Å². The molecule has 0 aliphatic carbocycles. The molecule has 1 N–H and O–H groups in total. The Kier molecular flexibility index (Phi) is 6.72. The van der Waals surface area contributed by atoms with Gasteiger partial charge in [0.15, 0.2) is 0 Å². The SMILES string of the molecule is CCNC(C)(C)C(=O)N(CC)C(C)CN(C)C. The molecule has 0 rings (SSSR count). The molecule has 102 valence electrons. The molecule has 4 nitrogen and oxygen atoms in total. The number of hydrogen-bond acceptors (Lipinski definition) is 3. The molecule has 0 radical (unpaired) electrons. The quantitative estimate of drug-likeness (QED) is 0.729. The number of likely N-dealkylation sites (N-methyl/N-ethyl adjacent to an activating group) is 3. The first kappa shape index (κ1) is 16.4. The van der Waals surface area contributed by atoms with Gasteiger partial charge in [0.1, 0.15) is 0 Å². The van der Waals surface area contributed by atoms with E-state index >= 15 is 0 Å². The highest BCUT2D eigenvalue weighted by molar-refractivity contribution is 5.85. The average molecular weight is 243 g/mol. The van der Waals surface area contributed by atoms with Gasteiger partial charge in [0.2, 0.25) is 5.91 Å². The van der Waals surface area contributed by atoms with Crippen LogP contribution in [-0.4, -0.2) is 61.0 Å². The zero-order valence-electron chi connectivity index (χ0n) is 12.5. The van der Waals surface area contributed by atoms with Gasteiger partial charge in [-0.1, -0.05) is 6.92 Å². The molecule has 0 aromatic heterocycles. The van der Waals surface area contributed by atoms with E-state index in [0.29, 0.717) is 0 Å². The molecular formula is C13H29N3O. The molecule has 1 amide bonds. The van der Waals surface area contributed by atoms with Crippen LogP contribution in [0.25, 0.3) is 0 Å². The maximum absolute atomic E-state index is 12.5. The standard InChI is InChI=1S/C13H29N3O/c1-8-14-13(4,5)12(17)16(9-2)11(3)10-15(6)7/h11,14H,8-10H2,1-7H3. The molecule has 1 atom stereocenters. The van der Waals surface area contributed by atoms with Crippen molar-refractivity contribution in [1.29, 1.82) is 0 Å². The summed E-state index contributed by atoms with van der Waals surface area (Å²) in [5.74, 6) is 0.177. The van der Waals surface area contributed by atoms with Gasteiger partial charge in [0.25, 0.3) is 0 Å². The highest BCUT2D eigenvalue weighted by Crippen LogP contribution is 2.11. The van der Waals surface area contributed by atoms with E-state index in [2.05, 4.69) is 17.1 Å². The molecule has 0 saturated carbocycles. The van der Waals surface area contributed by atoms with Crippen molar-refractivity contribution in [3.05, 3.63) is 0 Å². The highest BCUT2D eigenvalue weighted by atomic mass is 16.2. The van der Waals surface area contributed by atoms with Crippen LogP contribution in [0.3, 0.4) is 0 Å². The summed E-state index contributed by atoms with van der Waals surface area (Å²) in [4.78, 5) is 16.5.